The van der Waals surface area contributed by atoms with Gasteiger partial charge in [-0.25, -0.2) is 0 Å². The van der Waals surface area contributed by atoms with Gasteiger partial charge in [0.1, 0.15) is 23.1 Å². The van der Waals surface area contributed by atoms with Crippen molar-refractivity contribution in [1.82, 2.24) is 0 Å². The molecule has 1 aliphatic rings. The highest BCUT2D eigenvalue weighted by molar-refractivity contribution is 6.32. The number of rotatable bonds is 4. The minimum Gasteiger partial charge on any atom is -0.508 e. The number of hydrogen-bond donors (Lipinski definition) is 1. The SMILES string of the molecule is CN1C(=O)C(Cc2ccc(OC(C)(C)C)cc2)N=C(c2ccc(O)cc2)c2cc(Cl)ccc21. The molecule has 33 heavy (non-hydrogen) atoms. The monoisotopic (exact) mass is 462 g/mol. The van der Waals surface area contributed by atoms with Gasteiger partial charge in [-0.15, -0.1) is 0 Å². The summed E-state index contributed by atoms with van der Waals surface area (Å²) in [5, 5.41) is 10.3. The number of halogens is 1. The second kappa shape index (κ2) is 8.91. The third-order valence-corrected chi connectivity index (χ3v) is 5.63. The number of amides is 1. The van der Waals surface area contributed by atoms with E-state index < -0.39 is 6.04 Å². The number of likely N-dealkylation sites (N-methyl/N-ethyl adjacent to an activating group) is 1. The highest BCUT2D eigenvalue weighted by Crippen LogP contribution is 2.31. The molecule has 3 aromatic rings. The number of phenolic OH excluding ortho intramolecular Hbond substituents is 1. The first kappa shape index (κ1) is 22.9. The average Bonchev–Trinajstić information content (AvgIpc) is 2.85. The highest BCUT2D eigenvalue weighted by Gasteiger charge is 2.30. The van der Waals surface area contributed by atoms with Gasteiger partial charge in [0.25, 0.3) is 5.91 Å². The van der Waals surface area contributed by atoms with Crippen LogP contribution in [0.4, 0.5) is 5.69 Å². The summed E-state index contributed by atoms with van der Waals surface area (Å²) in [4.78, 5) is 20.0. The number of anilines is 1. The minimum absolute atomic E-state index is 0.0950. The molecule has 4 rings (SSSR count). The van der Waals surface area contributed by atoms with E-state index in [4.69, 9.17) is 21.3 Å². The average molecular weight is 463 g/mol. The van der Waals surface area contributed by atoms with Crippen molar-refractivity contribution in [3.63, 3.8) is 0 Å². The van der Waals surface area contributed by atoms with E-state index in [1.54, 1.807) is 42.3 Å². The fourth-order valence-corrected chi connectivity index (χ4v) is 4.04. The van der Waals surface area contributed by atoms with Crippen LogP contribution in [0.25, 0.3) is 0 Å². The maximum atomic E-state index is 13.4. The van der Waals surface area contributed by atoms with Gasteiger partial charge < -0.3 is 14.7 Å². The van der Waals surface area contributed by atoms with Crippen LogP contribution in [0.2, 0.25) is 5.02 Å². The summed E-state index contributed by atoms with van der Waals surface area (Å²) in [6.07, 6.45) is 0.447. The summed E-state index contributed by atoms with van der Waals surface area (Å²) >= 11 is 6.31. The Bertz CT molecular complexity index is 1200. The summed E-state index contributed by atoms with van der Waals surface area (Å²) in [5.74, 6) is 0.856. The number of carbonyl (C=O) groups excluding carboxylic acids is 1. The molecule has 0 fully saturated rings. The molecule has 0 saturated heterocycles. The summed E-state index contributed by atoms with van der Waals surface area (Å²) in [6, 6.07) is 19.4. The van der Waals surface area contributed by atoms with Crippen molar-refractivity contribution in [3.05, 3.63) is 88.4 Å². The topological polar surface area (TPSA) is 62.1 Å². The van der Waals surface area contributed by atoms with E-state index in [1.807, 2.05) is 57.2 Å². The van der Waals surface area contributed by atoms with Gasteiger partial charge in [-0.1, -0.05) is 23.7 Å². The molecule has 0 aliphatic carbocycles. The molecule has 0 aromatic heterocycles. The molecule has 1 heterocycles. The van der Waals surface area contributed by atoms with Crippen LogP contribution in [-0.4, -0.2) is 35.4 Å². The van der Waals surface area contributed by atoms with E-state index in [-0.39, 0.29) is 17.3 Å². The Kier molecular flexibility index (Phi) is 6.17. The van der Waals surface area contributed by atoms with Crippen molar-refractivity contribution in [1.29, 1.82) is 0 Å². The maximum absolute atomic E-state index is 13.4. The molecule has 1 amide bonds. The lowest BCUT2D eigenvalue weighted by Gasteiger charge is -2.22. The molecule has 0 spiro atoms. The van der Waals surface area contributed by atoms with E-state index in [0.29, 0.717) is 17.2 Å². The van der Waals surface area contributed by atoms with Crippen molar-refractivity contribution in [2.75, 3.05) is 11.9 Å². The third-order valence-electron chi connectivity index (χ3n) is 5.39. The minimum atomic E-state index is -0.612. The first-order valence-corrected chi connectivity index (χ1v) is 11.2. The predicted octanol–water partition coefficient (Wildman–Crippen LogP) is 5.65. The van der Waals surface area contributed by atoms with E-state index in [0.717, 1.165) is 28.1 Å². The van der Waals surface area contributed by atoms with E-state index >= 15 is 0 Å². The van der Waals surface area contributed by atoms with Crippen LogP contribution in [-0.2, 0) is 11.2 Å². The zero-order chi connectivity index (χ0) is 23.8. The molecule has 0 bridgehead atoms. The van der Waals surface area contributed by atoms with Gasteiger partial charge in [0.05, 0.1) is 11.4 Å². The molecule has 1 N–H and O–H groups in total. The van der Waals surface area contributed by atoms with Gasteiger partial charge in [0.15, 0.2) is 0 Å². The standard InChI is InChI=1S/C27H27ClN2O3/c1-27(2,3)33-21-12-5-17(6-13-21)15-23-26(32)30(4)24-14-9-19(28)16-22(24)25(29-23)18-7-10-20(31)11-8-18/h5-14,16,23,31H,15H2,1-4H3. The number of benzene rings is 3. The molecule has 6 heteroatoms. The zero-order valence-electron chi connectivity index (χ0n) is 19.2. The lowest BCUT2D eigenvalue weighted by Crippen LogP contribution is -2.36. The number of fused-ring (bicyclic) bond motifs is 1. The van der Waals surface area contributed by atoms with Crippen LogP contribution in [0.15, 0.2) is 71.7 Å². The largest absolute Gasteiger partial charge is 0.508 e. The Labute approximate surface area is 199 Å². The smallest absolute Gasteiger partial charge is 0.251 e. The van der Waals surface area contributed by atoms with Crippen molar-refractivity contribution < 1.29 is 14.6 Å². The number of hydrogen-bond acceptors (Lipinski definition) is 4. The number of benzodiazepines with no additional fused rings is 1. The first-order chi connectivity index (χ1) is 15.6. The number of phenols is 1. The van der Waals surface area contributed by atoms with Gasteiger partial charge >= 0.3 is 0 Å². The number of aliphatic imine (C=N–C) groups is 1. The fourth-order valence-electron chi connectivity index (χ4n) is 3.87. The van der Waals surface area contributed by atoms with Crippen molar-refractivity contribution in [2.24, 2.45) is 4.99 Å². The van der Waals surface area contributed by atoms with Gasteiger partial charge in [0.2, 0.25) is 0 Å². The highest BCUT2D eigenvalue weighted by atomic mass is 35.5. The van der Waals surface area contributed by atoms with Crippen LogP contribution < -0.4 is 9.64 Å². The predicted molar refractivity (Wildman–Crippen MR) is 133 cm³/mol. The lowest BCUT2D eigenvalue weighted by molar-refractivity contribution is -0.119. The summed E-state index contributed by atoms with van der Waals surface area (Å²) in [5.41, 5.74) is 3.70. The van der Waals surface area contributed by atoms with Gasteiger partial charge in [-0.2, -0.15) is 0 Å². The Morgan fingerprint density at radius 3 is 2.33 bits per heavy atom. The first-order valence-electron chi connectivity index (χ1n) is 10.8. The van der Waals surface area contributed by atoms with Gasteiger partial charge in [-0.3, -0.25) is 9.79 Å². The number of ether oxygens (including phenoxy) is 1. The van der Waals surface area contributed by atoms with Crippen LogP contribution in [0, 0.1) is 0 Å². The van der Waals surface area contributed by atoms with E-state index in [2.05, 4.69) is 0 Å². The molecule has 0 radical (unpaired) electrons. The summed E-state index contributed by atoms with van der Waals surface area (Å²) in [6.45, 7) is 6.01. The van der Waals surface area contributed by atoms with Crippen LogP contribution in [0.5, 0.6) is 11.5 Å². The molecular weight excluding hydrogens is 436 g/mol. The molecule has 1 atom stereocenters. The Hall–Kier alpha value is -3.31. The number of carbonyl (C=O) groups is 1. The number of aromatic hydroxyl groups is 1. The zero-order valence-corrected chi connectivity index (χ0v) is 19.9. The Morgan fingerprint density at radius 2 is 1.70 bits per heavy atom. The van der Waals surface area contributed by atoms with E-state index in [1.165, 1.54) is 0 Å². The number of nitrogens with zero attached hydrogens (tertiary/aromatic N) is 2. The maximum Gasteiger partial charge on any atom is 0.251 e. The Morgan fingerprint density at radius 1 is 1.03 bits per heavy atom. The second-order valence-corrected chi connectivity index (χ2v) is 9.60. The lowest BCUT2D eigenvalue weighted by atomic mass is 10.00. The quantitative estimate of drug-likeness (QED) is 0.545. The molecule has 170 valence electrons. The Balaban J connectivity index is 1.73. The molecular formula is C27H27ClN2O3. The summed E-state index contributed by atoms with van der Waals surface area (Å²) in [7, 11) is 1.76. The van der Waals surface area contributed by atoms with Crippen LogP contribution >= 0.6 is 11.6 Å². The molecule has 1 unspecified atom stereocenters. The fraction of sp³-hybridized carbons (Fsp3) is 0.259. The molecule has 3 aromatic carbocycles. The van der Waals surface area contributed by atoms with Gasteiger partial charge in [-0.05, 0) is 80.9 Å². The molecule has 5 nitrogen and oxygen atoms in total. The normalized spacial score (nSPS) is 16.2. The molecule has 1 aliphatic heterocycles. The second-order valence-electron chi connectivity index (χ2n) is 9.16. The summed E-state index contributed by atoms with van der Waals surface area (Å²) < 4.78 is 5.91. The van der Waals surface area contributed by atoms with Crippen molar-refractivity contribution in [3.8, 4) is 11.5 Å². The van der Waals surface area contributed by atoms with Crippen molar-refractivity contribution in [2.45, 2.75) is 38.8 Å². The third kappa shape index (κ3) is 5.20. The van der Waals surface area contributed by atoms with Crippen LogP contribution in [0.3, 0.4) is 0 Å². The van der Waals surface area contributed by atoms with Crippen molar-refractivity contribution >= 4 is 28.9 Å². The molecule has 0 saturated carbocycles. The van der Waals surface area contributed by atoms with E-state index in [9.17, 15) is 9.90 Å². The van der Waals surface area contributed by atoms with Crippen LogP contribution in [0.1, 0.15) is 37.5 Å². The van der Waals surface area contributed by atoms with Gasteiger partial charge in [0, 0.05) is 29.6 Å².